The van der Waals surface area contributed by atoms with Gasteiger partial charge < -0.3 is 10.6 Å². The van der Waals surface area contributed by atoms with Crippen molar-refractivity contribution in [2.75, 3.05) is 0 Å². The van der Waals surface area contributed by atoms with Crippen molar-refractivity contribution in [3.8, 4) is 0 Å². The molecule has 0 aromatic heterocycles. The van der Waals surface area contributed by atoms with Crippen molar-refractivity contribution in [1.82, 2.24) is 21.5 Å². The Bertz CT molecular complexity index is 987. The molecule has 0 saturated heterocycles. The smallest absolute Gasteiger partial charge is 0.327 e. The van der Waals surface area contributed by atoms with Crippen molar-refractivity contribution in [2.45, 2.75) is 13.1 Å². The monoisotopic (exact) mass is 392 g/mol. The highest BCUT2D eigenvalue weighted by molar-refractivity contribution is 7.80. The third-order valence-corrected chi connectivity index (χ3v) is 4.36. The second kappa shape index (κ2) is 9.48. The van der Waals surface area contributed by atoms with Gasteiger partial charge in [-0.3, -0.25) is 20.4 Å². The number of nitrogens with one attached hydrogen (secondary N) is 4. The van der Waals surface area contributed by atoms with Crippen molar-refractivity contribution in [3.63, 3.8) is 0 Å². The maximum absolute atomic E-state index is 12.0. The standard InChI is InChI=1S/C21H20N4O2S/c26-19(22-14-17-11-6-10-16-9-4-5-12-18(16)17)20(27)24-25-21(28)23-13-15-7-2-1-3-8-15/h1-12H,13-14H2,(H,22,26)(H,24,27)(H2,23,25,28). The van der Waals surface area contributed by atoms with E-state index in [4.69, 9.17) is 12.2 Å². The number of thiocarbonyl (C=S) groups is 1. The number of fused-ring (bicyclic) bond motifs is 1. The number of hydrogen-bond donors (Lipinski definition) is 4. The van der Waals surface area contributed by atoms with Gasteiger partial charge in [0, 0.05) is 13.1 Å². The molecule has 0 spiro atoms. The maximum atomic E-state index is 12.0. The predicted molar refractivity (Wildman–Crippen MR) is 113 cm³/mol. The Labute approximate surface area is 168 Å². The fourth-order valence-electron chi connectivity index (χ4n) is 2.70. The van der Waals surface area contributed by atoms with Crippen molar-refractivity contribution < 1.29 is 9.59 Å². The molecule has 142 valence electrons. The molecule has 3 rings (SSSR count). The number of hydrogen-bond acceptors (Lipinski definition) is 3. The summed E-state index contributed by atoms with van der Waals surface area (Å²) in [5, 5.41) is 7.90. The van der Waals surface area contributed by atoms with Gasteiger partial charge in [0.2, 0.25) is 0 Å². The normalized spacial score (nSPS) is 10.1. The van der Waals surface area contributed by atoms with Gasteiger partial charge in [0.1, 0.15) is 0 Å². The zero-order valence-corrected chi connectivity index (χ0v) is 15.9. The summed E-state index contributed by atoms with van der Waals surface area (Å²) in [6.45, 7) is 0.764. The number of hydrazine groups is 1. The summed E-state index contributed by atoms with van der Waals surface area (Å²) in [4.78, 5) is 24.0. The van der Waals surface area contributed by atoms with E-state index in [2.05, 4.69) is 21.5 Å². The summed E-state index contributed by atoms with van der Waals surface area (Å²) >= 11 is 5.08. The molecule has 4 N–H and O–H groups in total. The molecule has 7 heteroatoms. The minimum Gasteiger partial charge on any atom is -0.357 e. The molecule has 0 atom stereocenters. The molecule has 0 aliphatic rings. The third kappa shape index (κ3) is 5.28. The largest absolute Gasteiger partial charge is 0.357 e. The summed E-state index contributed by atoms with van der Waals surface area (Å²) in [6.07, 6.45) is 0. The van der Waals surface area contributed by atoms with Gasteiger partial charge in [-0.1, -0.05) is 72.8 Å². The van der Waals surface area contributed by atoms with E-state index in [0.29, 0.717) is 6.54 Å². The van der Waals surface area contributed by atoms with E-state index in [0.717, 1.165) is 21.9 Å². The second-order valence-corrected chi connectivity index (χ2v) is 6.48. The Kier molecular flexibility index (Phi) is 6.54. The van der Waals surface area contributed by atoms with Gasteiger partial charge in [0.05, 0.1) is 0 Å². The minimum atomic E-state index is -0.816. The topological polar surface area (TPSA) is 82.3 Å². The Morgan fingerprint density at radius 2 is 1.43 bits per heavy atom. The zero-order valence-electron chi connectivity index (χ0n) is 15.1. The average Bonchev–Trinajstić information content (AvgIpc) is 2.75. The van der Waals surface area contributed by atoms with Gasteiger partial charge in [-0.2, -0.15) is 0 Å². The number of carbonyl (C=O) groups is 2. The molecule has 0 radical (unpaired) electrons. The van der Waals surface area contributed by atoms with Crippen LogP contribution in [0.1, 0.15) is 11.1 Å². The summed E-state index contributed by atoms with van der Waals surface area (Å²) in [5.41, 5.74) is 6.79. The molecule has 0 aliphatic heterocycles. The van der Waals surface area contributed by atoms with Gasteiger partial charge in [-0.15, -0.1) is 0 Å². The quantitative estimate of drug-likeness (QED) is 0.311. The van der Waals surface area contributed by atoms with Crippen LogP contribution in [0.25, 0.3) is 10.8 Å². The highest BCUT2D eigenvalue weighted by atomic mass is 32.1. The Morgan fingerprint density at radius 3 is 2.25 bits per heavy atom. The first-order valence-electron chi connectivity index (χ1n) is 8.76. The minimum absolute atomic E-state index is 0.221. The summed E-state index contributed by atoms with van der Waals surface area (Å²) in [5.74, 6) is -1.56. The van der Waals surface area contributed by atoms with E-state index in [9.17, 15) is 9.59 Å². The van der Waals surface area contributed by atoms with Crippen molar-refractivity contribution in [2.24, 2.45) is 0 Å². The Morgan fingerprint density at radius 1 is 0.714 bits per heavy atom. The number of amides is 2. The van der Waals surface area contributed by atoms with Crippen LogP contribution >= 0.6 is 12.2 Å². The first-order valence-corrected chi connectivity index (χ1v) is 9.17. The summed E-state index contributed by atoms with van der Waals surface area (Å²) < 4.78 is 0. The first-order chi connectivity index (χ1) is 13.6. The van der Waals surface area contributed by atoms with Gasteiger partial charge in [-0.25, -0.2) is 0 Å². The van der Waals surface area contributed by atoms with Crippen LogP contribution in [0.3, 0.4) is 0 Å². The lowest BCUT2D eigenvalue weighted by Crippen LogP contribution is -2.51. The lowest BCUT2D eigenvalue weighted by atomic mass is 10.0. The third-order valence-electron chi connectivity index (χ3n) is 4.11. The van der Waals surface area contributed by atoms with Crippen molar-refractivity contribution >= 4 is 39.9 Å². The Balaban J connectivity index is 1.44. The molecule has 0 fully saturated rings. The van der Waals surface area contributed by atoms with Crippen molar-refractivity contribution in [3.05, 3.63) is 83.9 Å². The highest BCUT2D eigenvalue weighted by Crippen LogP contribution is 2.18. The van der Waals surface area contributed by atoms with Crippen LogP contribution in [-0.4, -0.2) is 16.9 Å². The molecule has 0 bridgehead atoms. The lowest BCUT2D eigenvalue weighted by Gasteiger charge is -2.12. The number of carbonyl (C=O) groups excluding carboxylic acids is 2. The van der Waals surface area contributed by atoms with E-state index in [-0.39, 0.29) is 11.7 Å². The molecular weight excluding hydrogens is 372 g/mol. The van der Waals surface area contributed by atoms with Gasteiger partial charge in [-0.05, 0) is 34.1 Å². The van der Waals surface area contributed by atoms with Gasteiger partial charge in [0.25, 0.3) is 0 Å². The zero-order chi connectivity index (χ0) is 19.8. The van der Waals surface area contributed by atoms with E-state index >= 15 is 0 Å². The van der Waals surface area contributed by atoms with E-state index in [1.165, 1.54) is 0 Å². The molecule has 3 aromatic rings. The first kappa shape index (κ1) is 19.3. The second-order valence-electron chi connectivity index (χ2n) is 6.07. The Hall–Kier alpha value is -3.45. The van der Waals surface area contributed by atoms with Gasteiger partial charge >= 0.3 is 11.8 Å². The molecule has 0 heterocycles. The van der Waals surface area contributed by atoms with Crippen LogP contribution in [0.5, 0.6) is 0 Å². The fourth-order valence-corrected chi connectivity index (χ4v) is 2.82. The molecular formula is C21H20N4O2S. The predicted octanol–water partition coefficient (Wildman–Crippen LogP) is 2.15. The van der Waals surface area contributed by atoms with Crippen molar-refractivity contribution in [1.29, 1.82) is 0 Å². The number of benzene rings is 3. The molecule has 3 aromatic carbocycles. The maximum Gasteiger partial charge on any atom is 0.327 e. The van der Waals surface area contributed by atoms with Crippen LogP contribution in [0, 0.1) is 0 Å². The average molecular weight is 392 g/mol. The van der Waals surface area contributed by atoms with Crippen LogP contribution in [0.15, 0.2) is 72.8 Å². The molecule has 0 saturated carbocycles. The summed E-state index contributed by atoms with van der Waals surface area (Å²) in [6, 6.07) is 23.4. The molecule has 2 amide bonds. The van der Waals surface area contributed by atoms with Crippen LogP contribution in [0.2, 0.25) is 0 Å². The van der Waals surface area contributed by atoms with Crippen LogP contribution < -0.4 is 21.5 Å². The fraction of sp³-hybridized carbons (Fsp3) is 0.0952. The highest BCUT2D eigenvalue weighted by Gasteiger charge is 2.13. The van der Waals surface area contributed by atoms with E-state index < -0.39 is 11.8 Å². The van der Waals surface area contributed by atoms with E-state index in [1.54, 1.807) is 0 Å². The van der Waals surface area contributed by atoms with Crippen LogP contribution in [-0.2, 0) is 22.7 Å². The van der Waals surface area contributed by atoms with Gasteiger partial charge in [0.15, 0.2) is 5.11 Å². The molecule has 0 unspecified atom stereocenters. The molecule has 6 nitrogen and oxygen atoms in total. The summed E-state index contributed by atoms with van der Waals surface area (Å²) in [7, 11) is 0. The van der Waals surface area contributed by atoms with E-state index in [1.807, 2.05) is 72.8 Å². The number of rotatable bonds is 4. The SMILES string of the molecule is O=C(NCc1cccc2ccccc12)C(=O)NNC(=S)NCc1ccccc1. The molecule has 28 heavy (non-hydrogen) atoms. The van der Waals surface area contributed by atoms with Crippen LogP contribution in [0.4, 0.5) is 0 Å². The molecule has 0 aliphatic carbocycles. The lowest BCUT2D eigenvalue weighted by molar-refractivity contribution is -0.139.